The highest BCUT2D eigenvalue weighted by atomic mass is 16.2. The number of amides is 1. The van der Waals surface area contributed by atoms with Gasteiger partial charge in [-0.3, -0.25) is 10.2 Å². The number of nitrogens with zero attached hydrogens (tertiary/aromatic N) is 4. The average molecular weight is 401 g/mol. The van der Waals surface area contributed by atoms with Crippen LogP contribution in [0.4, 0.5) is 5.95 Å². The van der Waals surface area contributed by atoms with Gasteiger partial charge < -0.3 is 10.3 Å². The Hall–Kier alpha value is -3.78. The van der Waals surface area contributed by atoms with Gasteiger partial charge in [0.25, 0.3) is 5.91 Å². The zero-order valence-corrected chi connectivity index (χ0v) is 17.0. The van der Waals surface area contributed by atoms with Gasteiger partial charge >= 0.3 is 0 Å². The Bertz CT molecular complexity index is 1240. The minimum atomic E-state index is -0.363. The molecule has 2 aromatic carbocycles. The number of carbonyl (C=O) groups is 1. The summed E-state index contributed by atoms with van der Waals surface area (Å²) in [4.78, 5) is 25.4. The average Bonchev–Trinajstić information content (AvgIpc) is 3.12. The van der Waals surface area contributed by atoms with Crippen molar-refractivity contribution in [2.24, 2.45) is 5.84 Å². The third-order valence-electron chi connectivity index (χ3n) is 4.87. The largest absolute Gasteiger partial charge is 0.368 e. The first-order valence-corrected chi connectivity index (χ1v) is 9.51. The molecule has 0 radical (unpaired) electrons. The second kappa shape index (κ2) is 7.23. The summed E-state index contributed by atoms with van der Waals surface area (Å²) in [6, 6.07) is 13.3. The molecule has 1 amide bonds. The Kier molecular flexibility index (Phi) is 4.71. The molecule has 5 N–H and O–H groups in total. The highest BCUT2D eigenvalue weighted by Gasteiger charge is 2.25. The number of rotatable bonds is 3. The van der Waals surface area contributed by atoms with Crippen molar-refractivity contribution in [3.05, 3.63) is 60.4 Å². The molecule has 4 rings (SSSR count). The molecule has 0 bridgehead atoms. The van der Waals surface area contributed by atoms with Gasteiger partial charge in [-0.1, -0.05) is 24.3 Å². The van der Waals surface area contributed by atoms with E-state index < -0.39 is 0 Å². The van der Waals surface area contributed by atoms with Gasteiger partial charge in [-0.2, -0.15) is 0 Å². The fraction of sp³-hybridized carbons (Fsp3) is 0.182. The molecule has 0 aliphatic heterocycles. The molecule has 0 saturated carbocycles. The fourth-order valence-corrected chi connectivity index (χ4v) is 3.56. The zero-order chi connectivity index (χ0) is 21.5. The van der Waals surface area contributed by atoms with Crippen molar-refractivity contribution in [3.8, 4) is 22.5 Å². The second-order valence-corrected chi connectivity index (χ2v) is 7.99. The maximum Gasteiger partial charge on any atom is 0.265 e. The van der Waals surface area contributed by atoms with Crippen LogP contribution in [0.3, 0.4) is 0 Å². The van der Waals surface area contributed by atoms with Crippen molar-refractivity contribution in [2.75, 3.05) is 5.73 Å². The summed E-state index contributed by atoms with van der Waals surface area (Å²) in [5.74, 6) is 5.96. The third kappa shape index (κ3) is 3.37. The topological polar surface area (TPSA) is 125 Å². The van der Waals surface area contributed by atoms with Crippen molar-refractivity contribution >= 4 is 22.9 Å². The number of carbonyl (C=O) groups excluding carboxylic acids is 1. The third-order valence-corrected chi connectivity index (χ3v) is 4.87. The Morgan fingerprint density at radius 3 is 2.40 bits per heavy atom. The molecule has 4 aromatic rings. The number of hydrogen-bond donors (Lipinski definition) is 3. The van der Waals surface area contributed by atoms with Gasteiger partial charge in [-0.15, -0.1) is 0 Å². The summed E-state index contributed by atoms with van der Waals surface area (Å²) in [6.07, 6.45) is 3.37. The van der Waals surface area contributed by atoms with Crippen LogP contribution in [0.15, 0.2) is 54.9 Å². The van der Waals surface area contributed by atoms with Crippen LogP contribution >= 0.6 is 0 Å². The highest BCUT2D eigenvalue weighted by molar-refractivity contribution is 6.00. The van der Waals surface area contributed by atoms with Crippen LogP contribution in [0.1, 0.15) is 31.1 Å². The summed E-state index contributed by atoms with van der Waals surface area (Å²) < 4.78 is 2.13. The van der Waals surface area contributed by atoms with E-state index in [-0.39, 0.29) is 17.4 Å². The number of nitrogens with one attached hydrogen (secondary N) is 1. The zero-order valence-electron chi connectivity index (χ0n) is 17.0. The van der Waals surface area contributed by atoms with Gasteiger partial charge in [-0.25, -0.2) is 20.8 Å². The molecule has 2 aromatic heterocycles. The minimum absolute atomic E-state index is 0.230. The van der Waals surface area contributed by atoms with Crippen LogP contribution in [0, 0.1) is 0 Å². The van der Waals surface area contributed by atoms with E-state index in [1.54, 1.807) is 24.5 Å². The first kappa shape index (κ1) is 19.5. The lowest BCUT2D eigenvalue weighted by Crippen LogP contribution is -2.31. The van der Waals surface area contributed by atoms with Gasteiger partial charge in [0.15, 0.2) is 0 Å². The minimum Gasteiger partial charge on any atom is -0.368 e. The predicted molar refractivity (Wildman–Crippen MR) is 117 cm³/mol. The lowest BCUT2D eigenvalue weighted by atomic mass is 10.0. The number of hydrogen-bond acceptors (Lipinski definition) is 6. The highest BCUT2D eigenvalue weighted by Crippen LogP contribution is 2.34. The van der Waals surface area contributed by atoms with Crippen LogP contribution in [0.25, 0.3) is 33.5 Å². The molecule has 2 heterocycles. The molecule has 152 valence electrons. The van der Waals surface area contributed by atoms with Crippen molar-refractivity contribution in [1.29, 1.82) is 0 Å². The van der Waals surface area contributed by atoms with E-state index in [2.05, 4.69) is 40.7 Å². The molecule has 0 fully saturated rings. The number of imidazole rings is 1. The van der Waals surface area contributed by atoms with E-state index in [4.69, 9.17) is 16.6 Å². The quantitative estimate of drug-likeness (QED) is 0.275. The second-order valence-electron chi connectivity index (χ2n) is 7.99. The standard InChI is InChI=1S/C22H23N7O/c1-22(2,3)29-18-9-8-13(14-11-25-21(23)26-12-14)10-17(18)27-19(29)15-6-4-5-7-16(15)20(30)28-24/h4-12H,24H2,1-3H3,(H,28,30)(H2,23,25,26). The number of nitrogens with two attached hydrogens (primary N) is 2. The number of nitrogen functional groups attached to an aromatic ring is 2. The molecule has 0 unspecified atom stereocenters. The van der Waals surface area contributed by atoms with Gasteiger partial charge in [0.2, 0.25) is 5.95 Å². The molecule has 8 nitrogen and oxygen atoms in total. The molecule has 0 aliphatic carbocycles. The maximum atomic E-state index is 12.4. The first-order chi connectivity index (χ1) is 14.3. The van der Waals surface area contributed by atoms with Crippen LogP contribution in [-0.2, 0) is 5.54 Å². The molecular weight excluding hydrogens is 378 g/mol. The van der Waals surface area contributed by atoms with E-state index in [1.165, 1.54) is 0 Å². The predicted octanol–water partition coefficient (Wildman–Crippen LogP) is 3.10. The lowest BCUT2D eigenvalue weighted by Gasteiger charge is -2.25. The number of anilines is 1. The number of fused-ring (bicyclic) bond motifs is 1. The molecule has 0 saturated heterocycles. The van der Waals surface area contributed by atoms with E-state index in [0.29, 0.717) is 17.0 Å². The molecule has 30 heavy (non-hydrogen) atoms. The van der Waals surface area contributed by atoms with Gasteiger partial charge in [0, 0.05) is 29.1 Å². The number of hydrazine groups is 1. The monoisotopic (exact) mass is 401 g/mol. The Morgan fingerprint density at radius 1 is 1.03 bits per heavy atom. The van der Waals surface area contributed by atoms with E-state index >= 15 is 0 Å². The van der Waals surface area contributed by atoms with E-state index in [0.717, 1.165) is 22.2 Å². The molecule has 0 spiro atoms. The van der Waals surface area contributed by atoms with Gasteiger partial charge in [0.1, 0.15) is 5.82 Å². The molecule has 0 atom stereocenters. The summed E-state index contributed by atoms with van der Waals surface area (Å²) in [5.41, 5.74) is 12.3. The number of aromatic nitrogens is 4. The summed E-state index contributed by atoms with van der Waals surface area (Å²) in [6.45, 7) is 6.31. The maximum absolute atomic E-state index is 12.4. The van der Waals surface area contributed by atoms with Crippen LogP contribution in [0.5, 0.6) is 0 Å². The van der Waals surface area contributed by atoms with Crippen LogP contribution in [0.2, 0.25) is 0 Å². The smallest absolute Gasteiger partial charge is 0.265 e. The first-order valence-electron chi connectivity index (χ1n) is 9.51. The van der Waals surface area contributed by atoms with Crippen molar-refractivity contribution < 1.29 is 4.79 Å². The molecule has 8 heteroatoms. The van der Waals surface area contributed by atoms with Gasteiger partial charge in [0.05, 0.1) is 16.6 Å². The summed E-state index contributed by atoms with van der Waals surface area (Å²) in [7, 11) is 0. The van der Waals surface area contributed by atoms with Crippen molar-refractivity contribution in [2.45, 2.75) is 26.3 Å². The van der Waals surface area contributed by atoms with Gasteiger partial charge in [-0.05, 0) is 44.5 Å². The summed E-state index contributed by atoms with van der Waals surface area (Å²) >= 11 is 0. The fourth-order valence-electron chi connectivity index (χ4n) is 3.56. The SMILES string of the molecule is CC(C)(C)n1c(-c2ccccc2C(=O)NN)nc2cc(-c3cnc(N)nc3)ccc21. The van der Waals surface area contributed by atoms with E-state index in [1.807, 2.05) is 30.3 Å². The van der Waals surface area contributed by atoms with Crippen molar-refractivity contribution in [1.82, 2.24) is 24.9 Å². The van der Waals surface area contributed by atoms with Crippen molar-refractivity contribution in [3.63, 3.8) is 0 Å². The summed E-state index contributed by atoms with van der Waals surface area (Å²) in [5, 5.41) is 0. The Balaban J connectivity index is 1.97. The molecule has 0 aliphatic rings. The Labute approximate surface area is 173 Å². The van der Waals surface area contributed by atoms with Crippen LogP contribution < -0.4 is 17.0 Å². The van der Waals surface area contributed by atoms with Crippen LogP contribution in [-0.4, -0.2) is 25.4 Å². The van der Waals surface area contributed by atoms with E-state index in [9.17, 15) is 4.79 Å². The lowest BCUT2D eigenvalue weighted by molar-refractivity contribution is 0.0954. The molecular formula is C22H23N7O. The number of benzene rings is 2. The Morgan fingerprint density at radius 2 is 1.73 bits per heavy atom. The normalized spacial score (nSPS) is 11.6.